The number of para-hydroxylation sites is 3. The van der Waals surface area contributed by atoms with Crippen molar-refractivity contribution in [2.24, 2.45) is 0 Å². The predicted molar refractivity (Wildman–Crippen MR) is 239 cm³/mol. The third-order valence-electron chi connectivity index (χ3n) is 12.2. The molecule has 1 aromatic heterocycles. The van der Waals surface area contributed by atoms with Crippen LogP contribution >= 0.6 is 0 Å². The standard InChI is InChI=1S/C55H41NO/c1-54(2,3)48-27-15-25-46-47-26-16-28-49(53(47)57-52(46)48)56(40-22-11-6-12-23-40)41-31-34-43-37(35-41)30-33-45-44-32-29-36-17-13-14-24-42(36)50(44)55(51(43)45,38-18-7-4-8-19-38)39-20-9-5-10-21-39/h4-35H,1-3H3. The highest BCUT2D eigenvalue weighted by Crippen LogP contribution is 2.60. The Balaban J connectivity index is 1.20. The van der Waals surface area contributed by atoms with Crippen molar-refractivity contribution in [1.82, 2.24) is 0 Å². The summed E-state index contributed by atoms with van der Waals surface area (Å²) in [6, 6.07) is 71.3. The average molecular weight is 732 g/mol. The smallest absolute Gasteiger partial charge is 0.159 e. The van der Waals surface area contributed by atoms with Crippen LogP contribution in [-0.4, -0.2) is 0 Å². The Morgan fingerprint density at radius 1 is 0.421 bits per heavy atom. The molecule has 0 aliphatic heterocycles. The monoisotopic (exact) mass is 731 g/mol. The highest BCUT2D eigenvalue weighted by molar-refractivity contribution is 6.12. The molecule has 1 aliphatic rings. The van der Waals surface area contributed by atoms with E-state index in [9.17, 15) is 0 Å². The van der Waals surface area contributed by atoms with Crippen LogP contribution in [0.15, 0.2) is 199 Å². The molecule has 0 bridgehead atoms. The van der Waals surface area contributed by atoms with E-state index in [1.165, 1.54) is 60.5 Å². The summed E-state index contributed by atoms with van der Waals surface area (Å²) in [5, 5.41) is 7.23. The van der Waals surface area contributed by atoms with Crippen molar-refractivity contribution in [2.45, 2.75) is 31.6 Å². The molecule has 2 nitrogen and oxygen atoms in total. The molecule has 0 amide bonds. The van der Waals surface area contributed by atoms with Gasteiger partial charge in [-0.25, -0.2) is 0 Å². The molecule has 11 rings (SSSR count). The van der Waals surface area contributed by atoms with Crippen molar-refractivity contribution in [2.75, 3.05) is 4.90 Å². The van der Waals surface area contributed by atoms with Crippen LogP contribution < -0.4 is 4.90 Å². The molecule has 0 saturated carbocycles. The van der Waals surface area contributed by atoms with Crippen LogP contribution in [0.1, 0.15) is 48.6 Å². The van der Waals surface area contributed by atoms with Gasteiger partial charge < -0.3 is 9.32 Å². The van der Waals surface area contributed by atoms with E-state index in [1.54, 1.807) is 0 Å². The average Bonchev–Trinajstić information content (AvgIpc) is 3.79. The fraction of sp³-hybridized carbons (Fsp3) is 0.0909. The molecular formula is C55H41NO. The van der Waals surface area contributed by atoms with Gasteiger partial charge in [-0.3, -0.25) is 0 Å². The van der Waals surface area contributed by atoms with E-state index in [0.717, 1.165) is 39.0 Å². The second-order valence-corrected chi connectivity index (χ2v) is 16.4. The highest BCUT2D eigenvalue weighted by Gasteiger charge is 2.48. The first-order valence-electron chi connectivity index (χ1n) is 19.9. The Morgan fingerprint density at radius 3 is 1.63 bits per heavy atom. The van der Waals surface area contributed by atoms with Gasteiger partial charge in [-0.2, -0.15) is 0 Å². The zero-order valence-electron chi connectivity index (χ0n) is 32.3. The number of fused-ring (bicyclic) bond motifs is 10. The number of nitrogens with zero attached hydrogens (tertiary/aromatic N) is 1. The van der Waals surface area contributed by atoms with Crippen LogP contribution in [0.25, 0.3) is 54.6 Å². The van der Waals surface area contributed by atoms with Gasteiger partial charge in [0.1, 0.15) is 5.58 Å². The Morgan fingerprint density at radius 2 is 0.965 bits per heavy atom. The molecule has 10 aromatic rings. The van der Waals surface area contributed by atoms with Crippen molar-refractivity contribution in [3.8, 4) is 11.1 Å². The van der Waals surface area contributed by atoms with Crippen LogP contribution in [-0.2, 0) is 10.8 Å². The van der Waals surface area contributed by atoms with Gasteiger partial charge in [-0.1, -0.05) is 185 Å². The number of hydrogen-bond donors (Lipinski definition) is 0. The van der Waals surface area contributed by atoms with E-state index in [2.05, 4.69) is 220 Å². The summed E-state index contributed by atoms with van der Waals surface area (Å²) >= 11 is 0. The Bertz CT molecular complexity index is 3110. The van der Waals surface area contributed by atoms with Crippen molar-refractivity contribution < 1.29 is 4.42 Å². The molecule has 0 saturated heterocycles. The van der Waals surface area contributed by atoms with E-state index in [-0.39, 0.29) is 5.41 Å². The quantitative estimate of drug-likeness (QED) is 0.175. The largest absolute Gasteiger partial charge is 0.454 e. The van der Waals surface area contributed by atoms with Gasteiger partial charge in [0, 0.05) is 27.7 Å². The topological polar surface area (TPSA) is 16.4 Å². The normalized spacial score (nSPS) is 13.3. The molecule has 2 heteroatoms. The number of hydrogen-bond acceptors (Lipinski definition) is 2. The fourth-order valence-electron chi connectivity index (χ4n) is 9.81. The Hall–Kier alpha value is -6.90. The minimum Gasteiger partial charge on any atom is -0.454 e. The Kier molecular flexibility index (Phi) is 7.37. The van der Waals surface area contributed by atoms with E-state index in [1.807, 2.05) is 0 Å². The molecule has 9 aromatic carbocycles. The molecule has 0 radical (unpaired) electrons. The molecule has 1 heterocycles. The summed E-state index contributed by atoms with van der Waals surface area (Å²) in [4.78, 5) is 2.36. The van der Waals surface area contributed by atoms with E-state index in [0.29, 0.717) is 0 Å². The summed E-state index contributed by atoms with van der Waals surface area (Å²) in [5.74, 6) is 0. The molecule has 0 fully saturated rings. The second kappa shape index (κ2) is 12.6. The molecule has 1 aliphatic carbocycles. The van der Waals surface area contributed by atoms with Crippen molar-refractivity contribution in [1.29, 1.82) is 0 Å². The SMILES string of the molecule is CC(C)(C)c1cccc2c1oc1c(N(c3ccccc3)c3ccc4c5c(ccc4c3)-c3ccc4ccccc4c3C5(c3ccccc3)c3ccccc3)cccc12. The lowest BCUT2D eigenvalue weighted by Gasteiger charge is -2.35. The number of furan rings is 1. The predicted octanol–water partition coefficient (Wildman–Crippen LogP) is 15.0. The maximum Gasteiger partial charge on any atom is 0.159 e. The van der Waals surface area contributed by atoms with Crippen molar-refractivity contribution in [3.63, 3.8) is 0 Å². The fourth-order valence-corrected chi connectivity index (χ4v) is 9.81. The minimum atomic E-state index is -0.543. The van der Waals surface area contributed by atoms with Gasteiger partial charge in [-0.05, 0) is 90.7 Å². The van der Waals surface area contributed by atoms with Crippen molar-refractivity contribution in [3.05, 3.63) is 222 Å². The van der Waals surface area contributed by atoms with E-state index < -0.39 is 5.41 Å². The summed E-state index contributed by atoms with van der Waals surface area (Å²) in [6.07, 6.45) is 0. The van der Waals surface area contributed by atoms with Gasteiger partial charge in [0.15, 0.2) is 5.58 Å². The lowest BCUT2D eigenvalue weighted by atomic mass is 9.66. The van der Waals surface area contributed by atoms with Crippen LogP contribution in [0.4, 0.5) is 17.1 Å². The van der Waals surface area contributed by atoms with Crippen LogP contribution in [0.3, 0.4) is 0 Å². The van der Waals surface area contributed by atoms with Crippen LogP contribution in [0, 0.1) is 0 Å². The van der Waals surface area contributed by atoms with Gasteiger partial charge in [0.05, 0.1) is 11.1 Å². The van der Waals surface area contributed by atoms with Gasteiger partial charge in [0.2, 0.25) is 0 Å². The summed E-state index contributed by atoms with van der Waals surface area (Å²) < 4.78 is 6.97. The first kappa shape index (κ1) is 33.4. The molecule has 57 heavy (non-hydrogen) atoms. The number of anilines is 3. The maximum atomic E-state index is 6.97. The zero-order valence-corrected chi connectivity index (χ0v) is 32.3. The second-order valence-electron chi connectivity index (χ2n) is 16.4. The van der Waals surface area contributed by atoms with Crippen molar-refractivity contribution >= 4 is 60.5 Å². The Labute approximate surface area is 333 Å². The third-order valence-corrected chi connectivity index (χ3v) is 12.2. The van der Waals surface area contributed by atoms with Crippen LogP contribution in [0.2, 0.25) is 0 Å². The maximum absolute atomic E-state index is 6.97. The van der Waals surface area contributed by atoms with Crippen LogP contribution in [0.5, 0.6) is 0 Å². The first-order valence-corrected chi connectivity index (χ1v) is 19.9. The number of rotatable bonds is 5. The lowest BCUT2D eigenvalue weighted by molar-refractivity contribution is 0.573. The summed E-state index contributed by atoms with van der Waals surface area (Å²) in [5.41, 5.74) is 13.4. The highest BCUT2D eigenvalue weighted by atomic mass is 16.3. The lowest BCUT2D eigenvalue weighted by Crippen LogP contribution is -2.29. The number of benzene rings is 9. The molecule has 0 unspecified atom stereocenters. The first-order chi connectivity index (χ1) is 27.9. The molecule has 0 spiro atoms. The molecule has 0 atom stereocenters. The summed E-state index contributed by atoms with van der Waals surface area (Å²) in [6.45, 7) is 6.76. The minimum absolute atomic E-state index is 0.0636. The van der Waals surface area contributed by atoms with Gasteiger partial charge in [-0.15, -0.1) is 0 Å². The summed E-state index contributed by atoms with van der Waals surface area (Å²) in [7, 11) is 0. The van der Waals surface area contributed by atoms with Gasteiger partial charge in [0.25, 0.3) is 0 Å². The molecule has 272 valence electrons. The zero-order chi connectivity index (χ0) is 38.3. The van der Waals surface area contributed by atoms with Gasteiger partial charge >= 0.3 is 0 Å². The molecular weight excluding hydrogens is 691 g/mol. The molecule has 0 N–H and O–H groups in total. The van der Waals surface area contributed by atoms with E-state index >= 15 is 0 Å². The van der Waals surface area contributed by atoms with E-state index in [4.69, 9.17) is 4.42 Å². The third kappa shape index (κ3) is 4.90.